The van der Waals surface area contributed by atoms with Gasteiger partial charge in [0.15, 0.2) is 0 Å². The Morgan fingerprint density at radius 1 is 0.778 bits per heavy atom. The molecular formula is C28H23N3O4S. The van der Waals surface area contributed by atoms with Crippen LogP contribution in [0.15, 0.2) is 118 Å². The maximum atomic E-state index is 13.1. The molecule has 0 aliphatic carbocycles. The number of hydrogen-bond donors (Lipinski definition) is 3. The number of para-hydroxylation sites is 1. The Bertz CT molecular complexity index is 1350. The van der Waals surface area contributed by atoms with Crippen molar-refractivity contribution in [1.29, 1.82) is 0 Å². The standard InChI is InChI=1S/C28H23N3O4S/c32-26(29-21-11-5-2-6-12-21)19-36-24-15-7-13-22(17-24)30-28(34)25(18-23-14-8-16-35-23)31-27(33)20-9-3-1-4-10-20/h1-18H,19H2,(H,29,32)(H,30,34)(H,31,33)/b25-18-. The fraction of sp³-hybridized carbons (Fsp3) is 0.0357. The van der Waals surface area contributed by atoms with Crippen LogP contribution in [0, 0.1) is 0 Å². The predicted molar refractivity (Wildman–Crippen MR) is 141 cm³/mol. The van der Waals surface area contributed by atoms with E-state index in [0.717, 1.165) is 10.6 Å². The average Bonchev–Trinajstić information content (AvgIpc) is 3.42. The highest BCUT2D eigenvalue weighted by molar-refractivity contribution is 8.00. The third kappa shape index (κ3) is 7.22. The molecule has 0 atom stereocenters. The summed E-state index contributed by atoms with van der Waals surface area (Å²) in [6.45, 7) is 0. The quantitative estimate of drug-likeness (QED) is 0.212. The molecule has 4 aromatic rings. The molecule has 0 fully saturated rings. The van der Waals surface area contributed by atoms with Gasteiger partial charge in [-0.15, -0.1) is 11.8 Å². The number of rotatable bonds is 9. The highest BCUT2D eigenvalue weighted by atomic mass is 32.2. The van der Waals surface area contributed by atoms with E-state index in [4.69, 9.17) is 4.42 Å². The Labute approximate surface area is 212 Å². The van der Waals surface area contributed by atoms with Gasteiger partial charge in [-0.1, -0.05) is 42.5 Å². The van der Waals surface area contributed by atoms with Gasteiger partial charge in [-0.3, -0.25) is 14.4 Å². The highest BCUT2D eigenvalue weighted by Crippen LogP contribution is 2.22. The zero-order valence-corrected chi connectivity index (χ0v) is 20.0. The summed E-state index contributed by atoms with van der Waals surface area (Å²) in [5, 5.41) is 8.30. The van der Waals surface area contributed by atoms with E-state index in [2.05, 4.69) is 16.0 Å². The van der Waals surface area contributed by atoms with Gasteiger partial charge in [-0.25, -0.2) is 0 Å². The number of hydrogen-bond acceptors (Lipinski definition) is 5. The first-order valence-corrected chi connectivity index (χ1v) is 12.1. The lowest BCUT2D eigenvalue weighted by atomic mass is 10.2. The van der Waals surface area contributed by atoms with Crippen molar-refractivity contribution in [2.24, 2.45) is 0 Å². The molecule has 3 amide bonds. The lowest BCUT2D eigenvalue weighted by Crippen LogP contribution is -2.30. The van der Waals surface area contributed by atoms with Crippen LogP contribution in [0.4, 0.5) is 11.4 Å². The summed E-state index contributed by atoms with van der Waals surface area (Å²) in [7, 11) is 0. The predicted octanol–water partition coefficient (Wildman–Crippen LogP) is 5.42. The molecule has 180 valence electrons. The highest BCUT2D eigenvalue weighted by Gasteiger charge is 2.16. The summed E-state index contributed by atoms with van der Waals surface area (Å²) >= 11 is 1.35. The first kappa shape index (κ1) is 24.6. The van der Waals surface area contributed by atoms with Gasteiger partial charge in [0, 0.05) is 27.9 Å². The summed E-state index contributed by atoms with van der Waals surface area (Å²) < 4.78 is 5.32. The second-order valence-corrected chi connectivity index (χ2v) is 8.63. The van der Waals surface area contributed by atoms with Gasteiger partial charge in [0.05, 0.1) is 12.0 Å². The van der Waals surface area contributed by atoms with Crippen LogP contribution in [0.1, 0.15) is 16.1 Å². The number of thioether (sulfide) groups is 1. The number of nitrogens with one attached hydrogen (secondary N) is 3. The van der Waals surface area contributed by atoms with E-state index < -0.39 is 11.8 Å². The van der Waals surface area contributed by atoms with Crippen LogP contribution in [0.3, 0.4) is 0 Å². The largest absolute Gasteiger partial charge is 0.465 e. The molecule has 0 aliphatic heterocycles. The molecule has 0 saturated heterocycles. The zero-order chi connectivity index (χ0) is 25.2. The van der Waals surface area contributed by atoms with Crippen LogP contribution in [-0.2, 0) is 9.59 Å². The summed E-state index contributed by atoms with van der Waals surface area (Å²) in [6.07, 6.45) is 2.94. The Morgan fingerprint density at radius 3 is 2.22 bits per heavy atom. The maximum Gasteiger partial charge on any atom is 0.272 e. The topological polar surface area (TPSA) is 100 Å². The average molecular weight is 498 g/mol. The number of carbonyl (C=O) groups is 3. The summed E-state index contributed by atoms with van der Waals surface area (Å²) in [5.41, 5.74) is 1.70. The van der Waals surface area contributed by atoms with Crippen LogP contribution in [-0.4, -0.2) is 23.5 Å². The van der Waals surface area contributed by atoms with Gasteiger partial charge in [0.2, 0.25) is 5.91 Å². The number of anilines is 2. The minimum atomic E-state index is -0.514. The second kappa shape index (κ2) is 12.2. The number of benzene rings is 3. The third-order valence-electron chi connectivity index (χ3n) is 4.88. The van der Waals surface area contributed by atoms with Crippen LogP contribution in [0.5, 0.6) is 0 Å². The lowest BCUT2D eigenvalue weighted by molar-refractivity contribution is -0.114. The molecule has 0 unspecified atom stereocenters. The van der Waals surface area contributed by atoms with E-state index in [1.807, 2.05) is 36.4 Å². The molecule has 0 bridgehead atoms. The van der Waals surface area contributed by atoms with E-state index in [0.29, 0.717) is 17.0 Å². The maximum absolute atomic E-state index is 13.1. The molecule has 0 radical (unpaired) electrons. The monoisotopic (exact) mass is 497 g/mol. The van der Waals surface area contributed by atoms with E-state index in [1.165, 1.54) is 24.1 Å². The molecule has 36 heavy (non-hydrogen) atoms. The SMILES string of the molecule is O=C(CSc1cccc(NC(=O)/C(=C/c2ccco2)NC(=O)c2ccccc2)c1)Nc1ccccc1. The Balaban J connectivity index is 1.41. The second-order valence-electron chi connectivity index (χ2n) is 7.58. The van der Waals surface area contributed by atoms with Crippen LogP contribution in [0.2, 0.25) is 0 Å². The molecule has 4 rings (SSSR count). The van der Waals surface area contributed by atoms with E-state index >= 15 is 0 Å². The van der Waals surface area contributed by atoms with Crippen LogP contribution < -0.4 is 16.0 Å². The normalized spacial score (nSPS) is 10.9. The lowest BCUT2D eigenvalue weighted by Gasteiger charge is -2.12. The van der Waals surface area contributed by atoms with Gasteiger partial charge >= 0.3 is 0 Å². The third-order valence-corrected chi connectivity index (χ3v) is 5.87. The molecule has 0 aliphatic rings. The molecule has 3 aromatic carbocycles. The first-order chi connectivity index (χ1) is 17.6. The van der Waals surface area contributed by atoms with Gasteiger partial charge in [0.25, 0.3) is 11.8 Å². The summed E-state index contributed by atoms with van der Waals surface area (Å²) in [6, 6.07) is 28.3. The van der Waals surface area contributed by atoms with Gasteiger partial charge in [-0.05, 0) is 54.6 Å². The Kier molecular flexibility index (Phi) is 8.35. The van der Waals surface area contributed by atoms with Crippen molar-refractivity contribution in [3.05, 3.63) is 120 Å². The van der Waals surface area contributed by atoms with Gasteiger partial charge < -0.3 is 20.4 Å². The summed E-state index contributed by atoms with van der Waals surface area (Å²) in [5.74, 6) is -0.435. The molecule has 0 spiro atoms. The van der Waals surface area contributed by atoms with Crippen molar-refractivity contribution < 1.29 is 18.8 Å². The van der Waals surface area contributed by atoms with Crippen LogP contribution in [0.25, 0.3) is 6.08 Å². The van der Waals surface area contributed by atoms with Crippen molar-refractivity contribution in [2.75, 3.05) is 16.4 Å². The zero-order valence-electron chi connectivity index (χ0n) is 19.1. The van der Waals surface area contributed by atoms with E-state index in [-0.39, 0.29) is 17.4 Å². The fourth-order valence-corrected chi connectivity index (χ4v) is 3.94. The van der Waals surface area contributed by atoms with Crippen molar-refractivity contribution in [2.45, 2.75) is 4.90 Å². The van der Waals surface area contributed by atoms with Gasteiger partial charge in [-0.2, -0.15) is 0 Å². The molecular weight excluding hydrogens is 474 g/mol. The number of furan rings is 1. The summed E-state index contributed by atoms with van der Waals surface area (Å²) in [4.78, 5) is 38.8. The molecule has 3 N–H and O–H groups in total. The van der Waals surface area contributed by atoms with E-state index in [1.54, 1.807) is 60.7 Å². The van der Waals surface area contributed by atoms with Crippen LogP contribution >= 0.6 is 11.8 Å². The van der Waals surface area contributed by atoms with Gasteiger partial charge in [0.1, 0.15) is 11.5 Å². The molecule has 8 heteroatoms. The van der Waals surface area contributed by atoms with Crippen molar-refractivity contribution >= 4 is 46.9 Å². The van der Waals surface area contributed by atoms with Crippen molar-refractivity contribution in [3.63, 3.8) is 0 Å². The minimum absolute atomic E-state index is 0.0269. The molecule has 1 aromatic heterocycles. The van der Waals surface area contributed by atoms with E-state index in [9.17, 15) is 14.4 Å². The fourth-order valence-electron chi connectivity index (χ4n) is 3.19. The van der Waals surface area contributed by atoms with Crippen molar-refractivity contribution in [1.82, 2.24) is 5.32 Å². The first-order valence-electron chi connectivity index (χ1n) is 11.1. The molecule has 0 saturated carbocycles. The smallest absolute Gasteiger partial charge is 0.272 e. The molecule has 7 nitrogen and oxygen atoms in total. The number of amides is 3. The Morgan fingerprint density at radius 2 is 1.50 bits per heavy atom. The number of carbonyl (C=O) groups excluding carboxylic acids is 3. The minimum Gasteiger partial charge on any atom is -0.465 e. The van der Waals surface area contributed by atoms with Crippen molar-refractivity contribution in [3.8, 4) is 0 Å². The molecule has 1 heterocycles. The Hall–Kier alpha value is -4.56.